The summed E-state index contributed by atoms with van der Waals surface area (Å²) in [6.07, 6.45) is 3.28. The highest BCUT2D eigenvalue weighted by Gasteiger charge is 2.24. The summed E-state index contributed by atoms with van der Waals surface area (Å²) in [5.74, 6) is 0.852. The molecular weight excluding hydrogens is 268 g/mol. The van der Waals surface area contributed by atoms with Gasteiger partial charge < -0.3 is 20.7 Å². The number of carbonyl (C=O) groups excluding carboxylic acids is 1. The molecule has 0 radical (unpaired) electrons. The van der Waals surface area contributed by atoms with E-state index in [1.807, 2.05) is 26.8 Å². The standard InChI is InChI=1S/C15H24N4O2/c1-15(2,3)21-14(20)18-12-5-4-8-19(10-12)13-9-11(16)6-7-17-13/h6-7,9,12H,4-5,8,10H2,1-3H3,(H2,16,17)(H,18,20). The Kier molecular flexibility index (Phi) is 4.55. The third-order valence-corrected chi connectivity index (χ3v) is 3.24. The number of rotatable bonds is 2. The minimum Gasteiger partial charge on any atom is -0.444 e. The van der Waals surface area contributed by atoms with Crippen molar-refractivity contribution >= 4 is 17.6 Å². The van der Waals surface area contributed by atoms with Crippen molar-refractivity contribution < 1.29 is 9.53 Å². The summed E-state index contributed by atoms with van der Waals surface area (Å²) in [6, 6.07) is 3.69. The Morgan fingerprint density at radius 1 is 1.52 bits per heavy atom. The van der Waals surface area contributed by atoms with Crippen molar-refractivity contribution in [3.63, 3.8) is 0 Å². The number of aromatic nitrogens is 1. The van der Waals surface area contributed by atoms with E-state index < -0.39 is 5.60 Å². The Bertz CT molecular complexity index is 499. The first kappa shape index (κ1) is 15.4. The lowest BCUT2D eigenvalue weighted by Gasteiger charge is -2.34. The molecule has 0 bridgehead atoms. The van der Waals surface area contributed by atoms with Gasteiger partial charge in [0.25, 0.3) is 0 Å². The molecule has 6 nitrogen and oxygen atoms in total. The van der Waals surface area contributed by atoms with Crippen molar-refractivity contribution in [2.24, 2.45) is 0 Å². The Hall–Kier alpha value is -1.98. The molecule has 0 aromatic carbocycles. The monoisotopic (exact) mass is 292 g/mol. The van der Waals surface area contributed by atoms with Crippen LogP contribution in [0.2, 0.25) is 0 Å². The van der Waals surface area contributed by atoms with E-state index in [-0.39, 0.29) is 12.1 Å². The first-order valence-electron chi connectivity index (χ1n) is 7.29. The number of nitrogens with two attached hydrogens (primary N) is 1. The lowest BCUT2D eigenvalue weighted by molar-refractivity contribution is 0.0500. The molecule has 1 amide bonds. The van der Waals surface area contributed by atoms with Gasteiger partial charge in [-0.3, -0.25) is 0 Å². The molecule has 116 valence electrons. The maximum atomic E-state index is 11.8. The maximum absolute atomic E-state index is 11.8. The zero-order valence-corrected chi connectivity index (χ0v) is 12.9. The van der Waals surface area contributed by atoms with E-state index in [0.717, 1.165) is 31.7 Å². The highest BCUT2D eigenvalue weighted by atomic mass is 16.6. The van der Waals surface area contributed by atoms with Crippen molar-refractivity contribution in [1.82, 2.24) is 10.3 Å². The van der Waals surface area contributed by atoms with Gasteiger partial charge in [-0.1, -0.05) is 0 Å². The zero-order valence-electron chi connectivity index (χ0n) is 12.9. The average molecular weight is 292 g/mol. The predicted molar refractivity (Wildman–Crippen MR) is 83.3 cm³/mol. The van der Waals surface area contributed by atoms with Crippen LogP contribution < -0.4 is 16.0 Å². The van der Waals surface area contributed by atoms with Crippen LogP contribution in [-0.2, 0) is 4.74 Å². The number of piperidine rings is 1. The second-order valence-electron chi connectivity index (χ2n) is 6.38. The van der Waals surface area contributed by atoms with Gasteiger partial charge in [-0.15, -0.1) is 0 Å². The highest BCUT2D eigenvalue weighted by Crippen LogP contribution is 2.19. The van der Waals surface area contributed by atoms with Crippen molar-refractivity contribution in [3.8, 4) is 0 Å². The van der Waals surface area contributed by atoms with E-state index in [2.05, 4.69) is 15.2 Å². The number of nitrogens with zero attached hydrogens (tertiary/aromatic N) is 2. The summed E-state index contributed by atoms with van der Waals surface area (Å²) >= 11 is 0. The van der Waals surface area contributed by atoms with Crippen LogP contribution in [0.1, 0.15) is 33.6 Å². The van der Waals surface area contributed by atoms with E-state index in [0.29, 0.717) is 5.69 Å². The molecule has 6 heteroatoms. The number of ether oxygens (including phenoxy) is 1. The molecule has 2 heterocycles. The van der Waals surface area contributed by atoms with Crippen LogP contribution in [0.5, 0.6) is 0 Å². The molecule has 0 saturated carbocycles. The first-order valence-corrected chi connectivity index (χ1v) is 7.29. The van der Waals surface area contributed by atoms with Gasteiger partial charge in [0.05, 0.1) is 0 Å². The molecule has 3 N–H and O–H groups in total. The van der Waals surface area contributed by atoms with Crippen molar-refractivity contribution in [2.75, 3.05) is 23.7 Å². The van der Waals surface area contributed by atoms with E-state index in [1.54, 1.807) is 12.3 Å². The Labute approximate surface area is 125 Å². The molecule has 2 rings (SSSR count). The van der Waals surface area contributed by atoms with Crippen LogP contribution in [-0.4, -0.2) is 35.8 Å². The smallest absolute Gasteiger partial charge is 0.407 e. The van der Waals surface area contributed by atoms with Crippen LogP contribution in [0.15, 0.2) is 18.3 Å². The number of pyridine rings is 1. The molecule has 1 aliphatic rings. The van der Waals surface area contributed by atoms with Gasteiger partial charge in [0, 0.05) is 37.1 Å². The fourth-order valence-electron chi connectivity index (χ4n) is 2.38. The fourth-order valence-corrected chi connectivity index (χ4v) is 2.38. The van der Waals surface area contributed by atoms with Gasteiger partial charge in [0.15, 0.2) is 0 Å². The summed E-state index contributed by atoms with van der Waals surface area (Å²) in [7, 11) is 0. The van der Waals surface area contributed by atoms with Gasteiger partial charge in [-0.05, 0) is 39.7 Å². The summed E-state index contributed by atoms with van der Waals surface area (Å²) in [5, 5.41) is 2.93. The van der Waals surface area contributed by atoms with E-state index in [4.69, 9.17) is 10.5 Å². The van der Waals surface area contributed by atoms with Gasteiger partial charge in [0.1, 0.15) is 11.4 Å². The minimum atomic E-state index is -0.478. The maximum Gasteiger partial charge on any atom is 0.407 e. The molecule has 1 fully saturated rings. The number of carbonyl (C=O) groups is 1. The van der Waals surface area contributed by atoms with E-state index in [9.17, 15) is 4.79 Å². The third-order valence-electron chi connectivity index (χ3n) is 3.24. The summed E-state index contributed by atoms with van der Waals surface area (Å²) < 4.78 is 5.30. The third kappa shape index (κ3) is 4.81. The molecule has 21 heavy (non-hydrogen) atoms. The number of amides is 1. The zero-order chi connectivity index (χ0) is 15.5. The Balaban J connectivity index is 1.93. The van der Waals surface area contributed by atoms with Crippen LogP contribution in [0.4, 0.5) is 16.3 Å². The highest BCUT2D eigenvalue weighted by molar-refractivity contribution is 5.68. The lowest BCUT2D eigenvalue weighted by Crippen LogP contribution is -2.49. The quantitative estimate of drug-likeness (QED) is 0.873. The molecule has 1 unspecified atom stereocenters. The normalized spacial score (nSPS) is 19.2. The largest absolute Gasteiger partial charge is 0.444 e. The molecular formula is C15H24N4O2. The van der Waals surface area contributed by atoms with Crippen molar-refractivity contribution in [3.05, 3.63) is 18.3 Å². The number of alkyl carbamates (subject to hydrolysis) is 1. The number of anilines is 2. The SMILES string of the molecule is CC(C)(C)OC(=O)NC1CCCN(c2cc(N)ccn2)C1. The van der Waals surface area contributed by atoms with Gasteiger partial charge in [0.2, 0.25) is 0 Å². The number of hydrogen-bond donors (Lipinski definition) is 2. The fraction of sp³-hybridized carbons (Fsp3) is 0.600. The number of nitrogens with one attached hydrogen (secondary N) is 1. The second-order valence-corrected chi connectivity index (χ2v) is 6.38. The Morgan fingerprint density at radius 2 is 2.29 bits per heavy atom. The molecule has 1 atom stereocenters. The van der Waals surface area contributed by atoms with Gasteiger partial charge in [-0.25, -0.2) is 9.78 Å². The molecule has 1 aliphatic heterocycles. The Morgan fingerprint density at radius 3 is 2.95 bits per heavy atom. The van der Waals surface area contributed by atoms with E-state index >= 15 is 0 Å². The average Bonchev–Trinajstić information content (AvgIpc) is 2.36. The predicted octanol–water partition coefficient (Wildman–Crippen LogP) is 2.16. The van der Waals surface area contributed by atoms with Crippen molar-refractivity contribution in [1.29, 1.82) is 0 Å². The number of nitrogen functional groups attached to an aromatic ring is 1. The molecule has 1 aromatic heterocycles. The molecule has 1 aromatic rings. The second kappa shape index (κ2) is 6.20. The minimum absolute atomic E-state index is 0.0665. The summed E-state index contributed by atoms with van der Waals surface area (Å²) in [5.41, 5.74) is 6.01. The van der Waals surface area contributed by atoms with Crippen LogP contribution in [0.3, 0.4) is 0 Å². The van der Waals surface area contributed by atoms with Gasteiger partial charge >= 0.3 is 6.09 Å². The molecule has 1 saturated heterocycles. The van der Waals surface area contributed by atoms with Crippen LogP contribution in [0.25, 0.3) is 0 Å². The summed E-state index contributed by atoms with van der Waals surface area (Å²) in [4.78, 5) is 18.3. The topological polar surface area (TPSA) is 80.5 Å². The molecule has 0 aliphatic carbocycles. The van der Waals surface area contributed by atoms with E-state index in [1.165, 1.54) is 0 Å². The lowest BCUT2D eigenvalue weighted by atomic mass is 10.1. The molecule has 0 spiro atoms. The summed E-state index contributed by atoms with van der Waals surface area (Å²) in [6.45, 7) is 7.21. The number of hydrogen-bond acceptors (Lipinski definition) is 5. The van der Waals surface area contributed by atoms with Crippen LogP contribution >= 0.6 is 0 Å². The van der Waals surface area contributed by atoms with Crippen molar-refractivity contribution in [2.45, 2.75) is 45.3 Å². The first-order chi connectivity index (χ1) is 9.83. The van der Waals surface area contributed by atoms with Gasteiger partial charge in [-0.2, -0.15) is 0 Å². The van der Waals surface area contributed by atoms with Crippen LogP contribution in [0, 0.1) is 0 Å².